The van der Waals surface area contributed by atoms with Crippen LogP contribution in [0, 0.1) is 6.92 Å². The number of aryl methyl sites for hydroxylation is 2. The Morgan fingerprint density at radius 2 is 2.24 bits per heavy atom. The number of thiazole rings is 1. The van der Waals surface area contributed by atoms with Crippen molar-refractivity contribution in [3.05, 3.63) is 35.5 Å². The number of amides is 1. The lowest BCUT2D eigenvalue weighted by Crippen LogP contribution is -2.12. The summed E-state index contributed by atoms with van der Waals surface area (Å²) < 4.78 is 7.67. The Labute approximate surface area is 125 Å². The molecule has 7 heteroatoms. The van der Waals surface area contributed by atoms with Gasteiger partial charge in [-0.05, 0) is 24.6 Å². The van der Waals surface area contributed by atoms with Crippen molar-refractivity contribution in [1.82, 2.24) is 14.8 Å². The minimum Gasteiger partial charge on any atom is -0.479 e. The second-order valence-corrected chi connectivity index (χ2v) is 5.70. The zero-order valence-electron chi connectivity index (χ0n) is 11.9. The summed E-state index contributed by atoms with van der Waals surface area (Å²) in [6.45, 7) is 2.03. The summed E-state index contributed by atoms with van der Waals surface area (Å²) in [6, 6.07) is 5.99. The summed E-state index contributed by atoms with van der Waals surface area (Å²) in [7, 11) is 3.22. The summed E-state index contributed by atoms with van der Waals surface area (Å²) in [6.07, 6.45) is 1.62. The van der Waals surface area contributed by atoms with Gasteiger partial charge in [-0.25, -0.2) is 4.98 Å². The van der Waals surface area contributed by atoms with E-state index in [1.54, 1.807) is 13.2 Å². The van der Waals surface area contributed by atoms with E-state index in [0.29, 0.717) is 16.6 Å². The van der Waals surface area contributed by atoms with Gasteiger partial charge in [0.05, 0.1) is 17.3 Å². The Bertz CT molecular complexity index is 822. The molecular weight excluding hydrogens is 288 g/mol. The highest BCUT2D eigenvalue weighted by molar-refractivity contribution is 7.22. The molecule has 1 amide bonds. The number of methoxy groups -OCH3 is 1. The number of ether oxygens (including phenoxy) is 1. The smallest absolute Gasteiger partial charge is 0.264 e. The van der Waals surface area contributed by atoms with Crippen molar-refractivity contribution in [2.75, 3.05) is 12.4 Å². The van der Waals surface area contributed by atoms with Crippen LogP contribution >= 0.6 is 11.3 Å². The summed E-state index contributed by atoms with van der Waals surface area (Å²) in [4.78, 5) is 16.7. The van der Waals surface area contributed by atoms with Gasteiger partial charge in [-0.3, -0.25) is 14.8 Å². The number of carbonyl (C=O) groups excluding carboxylic acids is 1. The second kappa shape index (κ2) is 5.17. The maximum absolute atomic E-state index is 12.3. The van der Waals surface area contributed by atoms with Crippen LogP contribution in [-0.2, 0) is 7.05 Å². The van der Waals surface area contributed by atoms with Gasteiger partial charge in [0.25, 0.3) is 5.91 Å². The minimum atomic E-state index is -0.282. The molecule has 3 rings (SSSR count). The van der Waals surface area contributed by atoms with Crippen LogP contribution in [0.15, 0.2) is 24.4 Å². The first-order chi connectivity index (χ1) is 10.1. The van der Waals surface area contributed by atoms with Gasteiger partial charge in [-0.2, -0.15) is 0 Å². The van der Waals surface area contributed by atoms with Crippen LogP contribution in [0.25, 0.3) is 10.2 Å². The highest BCUT2D eigenvalue weighted by Gasteiger charge is 2.17. The number of nitrogens with one attached hydrogen (secondary N) is 1. The molecule has 108 valence electrons. The maximum atomic E-state index is 12.3. The molecule has 6 nitrogen and oxygen atoms in total. The van der Waals surface area contributed by atoms with Crippen molar-refractivity contribution >= 4 is 32.6 Å². The molecule has 2 aromatic heterocycles. The standard InChI is InChI=1S/C14H14N4O2S/c1-8-4-5-10-11(6-8)21-14(15-10)16-12(19)9-7-18(2)17-13(9)20-3/h4-7H,1-3H3,(H,15,16,19). The van der Waals surface area contributed by atoms with Gasteiger partial charge < -0.3 is 4.74 Å². The van der Waals surface area contributed by atoms with E-state index in [0.717, 1.165) is 15.8 Å². The number of carbonyl (C=O) groups is 1. The van der Waals surface area contributed by atoms with Crippen LogP contribution in [0.2, 0.25) is 0 Å². The van der Waals surface area contributed by atoms with E-state index in [-0.39, 0.29) is 5.91 Å². The molecule has 0 fully saturated rings. The van der Waals surface area contributed by atoms with Gasteiger partial charge in [0.1, 0.15) is 5.56 Å². The Kier molecular flexibility index (Phi) is 3.34. The fraction of sp³-hybridized carbons (Fsp3) is 0.214. The number of anilines is 1. The molecule has 1 N–H and O–H groups in total. The van der Waals surface area contributed by atoms with E-state index < -0.39 is 0 Å². The number of hydrogen-bond donors (Lipinski definition) is 1. The van der Waals surface area contributed by atoms with E-state index in [2.05, 4.69) is 15.4 Å². The minimum absolute atomic E-state index is 0.282. The first-order valence-corrected chi connectivity index (χ1v) is 7.14. The van der Waals surface area contributed by atoms with Crippen LogP contribution in [-0.4, -0.2) is 27.8 Å². The third-order valence-electron chi connectivity index (χ3n) is 3.00. The molecule has 0 aliphatic carbocycles. The highest BCUT2D eigenvalue weighted by Crippen LogP contribution is 2.27. The molecule has 0 bridgehead atoms. The van der Waals surface area contributed by atoms with Crippen LogP contribution in [0.1, 0.15) is 15.9 Å². The SMILES string of the molecule is COc1nn(C)cc1C(=O)Nc1nc2ccc(C)cc2s1. The lowest BCUT2D eigenvalue weighted by Gasteiger charge is -2.00. The number of hydrogen-bond acceptors (Lipinski definition) is 5. The van der Waals surface area contributed by atoms with Crippen molar-refractivity contribution in [3.8, 4) is 5.88 Å². The number of rotatable bonds is 3. The first-order valence-electron chi connectivity index (χ1n) is 6.33. The first kappa shape index (κ1) is 13.6. The number of fused-ring (bicyclic) bond motifs is 1. The maximum Gasteiger partial charge on any atom is 0.264 e. The predicted molar refractivity (Wildman–Crippen MR) is 82.1 cm³/mol. The van der Waals surface area contributed by atoms with Gasteiger partial charge in [-0.1, -0.05) is 17.4 Å². The summed E-state index contributed by atoms with van der Waals surface area (Å²) >= 11 is 1.44. The fourth-order valence-corrected chi connectivity index (χ4v) is 2.98. The molecule has 3 aromatic rings. The summed E-state index contributed by atoms with van der Waals surface area (Å²) in [5.41, 5.74) is 2.42. The Hall–Kier alpha value is -2.41. The van der Waals surface area contributed by atoms with Crippen LogP contribution in [0.5, 0.6) is 5.88 Å². The van der Waals surface area contributed by atoms with E-state index in [9.17, 15) is 4.79 Å². The Morgan fingerprint density at radius 3 is 3.00 bits per heavy atom. The largest absolute Gasteiger partial charge is 0.479 e. The normalized spacial score (nSPS) is 10.8. The molecule has 2 heterocycles. The lowest BCUT2D eigenvalue weighted by atomic mass is 10.2. The molecule has 21 heavy (non-hydrogen) atoms. The quantitative estimate of drug-likeness (QED) is 0.807. The third kappa shape index (κ3) is 2.59. The van der Waals surface area contributed by atoms with E-state index in [1.807, 2.05) is 25.1 Å². The molecule has 0 saturated heterocycles. The van der Waals surface area contributed by atoms with Crippen LogP contribution in [0.3, 0.4) is 0 Å². The zero-order valence-corrected chi connectivity index (χ0v) is 12.7. The van der Waals surface area contributed by atoms with Crippen molar-refractivity contribution in [1.29, 1.82) is 0 Å². The average molecular weight is 302 g/mol. The topological polar surface area (TPSA) is 69.0 Å². The number of aromatic nitrogens is 3. The van der Waals surface area contributed by atoms with E-state index in [4.69, 9.17) is 4.74 Å². The molecule has 0 aliphatic heterocycles. The van der Waals surface area contributed by atoms with Crippen molar-refractivity contribution in [2.45, 2.75) is 6.92 Å². The summed E-state index contributed by atoms with van der Waals surface area (Å²) in [5, 5.41) is 7.41. The van der Waals surface area contributed by atoms with Crippen molar-refractivity contribution in [3.63, 3.8) is 0 Å². The van der Waals surface area contributed by atoms with Gasteiger partial charge in [0.2, 0.25) is 5.88 Å². The molecule has 0 aliphatic rings. The summed E-state index contributed by atoms with van der Waals surface area (Å²) in [5.74, 6) is 0.0164. The molecule has 0 spiro atoms. The monoisotopic (exact) mass is 302 g/mol. The van der Waals surface area contributed by atoms with E-state index >= 15 is 0 Å². The zero-order chi connectivity index (χ0) is 15.0. The van der Waals surface area contributed by atoms with Gasteiger partial charge in [0, 0.05) is 13.2 Å². The predicted octanol–water partition coefficient (Wildman–Crippen LogP) is 2.60. The fourth-order valence-electron chi connectivity index (χ4n) is 2.02. The molecule has 0 atom stereocenters. The third-order valence-corrected chi connectivity index (χ3v) is 3.93. The Morgan fingerprint density at radius 1 is 1.43 bits per heavy atom. The van der Waals surface area contributed by atoms with Crippen molar-refractivity contribution in [2.24, 2.45) is 7.05 Å². The average Bonchev–Trinajstić information content (AvgIpc) is 3.00. The second-order valence-electron chi connectivity index (χ2n) is 4.67. The molecule has 0 radical (unpaired) electrons. The van der Waals surface area contributed by atoms with Gasteiger partial charge in [-0.15, -0.1) is 5.10 Å². The van der Waals surface area contributed by atoms with E-state index in [1.165, 1.54) is 23.1 Å². The Balaban J connectivity index is 1.88. The van der Waals surface area contributed by atoms with Crippen molar-refractivity contribution < 1.29 is 9.53 Å². The molecule has 0 unspecified atom stereocenters. The lowest BCUT2D eigenvalue weighted by molar-refractivity contribution is 0.102. The van der Waals surface area contributed by atoms with Crippen LogP contribution < -0.4 is 10.1 Å². The van der Waals surface area contributed by atoms with Crippen LogP contribution in [0.4, 0.5) is 5.13 Å². The molecule has 1 aromatic carbocycles. The van der Waals surface area contributed by atoms with Gasteiger partial charge in [0.15, 0.2) is 5.13 Å². The number of nitrogens with zero attached hydrogens (tertiary/aromatic N) is 3. The van der Waals surface area contributed by atoms with Gasteiger partial charge >= 0.3 is 0 Å². The highest BCUT2D eigenvalue weighted by atomic mass is 32.1. The molecular formula is C14H14N4O2S. The number of benzene rings is 1. The molecule has 0 saturated carbocycles.